The lowest BCUT2D eigenvalue weighted by atomic mass is 10.1. The minimum Gasteiger partial charge on any atom is -0.352 e. The van der Waals surface area contributed by atoms with Crippen molar-refractivity contribution in [3.63, 3.8) is 0 Å². The van der Waals surface area contributed by atoms with Crippen LogP contribution in [0.15, 0.2) is 12.2 Å². The van der Waals surface area contributed by atoms with Crippen molar-refractivity contribution >= 4 is 5.91 Å². The maximum absolute atomic E-state index is 11.6. The molecule has 0 bridgehead atoms. The van der Waals surface area contributed by atoms with Gasteiger partial charge in [-0.25, -0.2) is 0 Å². The van der Waals surface area contributed by atoms with Crippen molar-refractivity contribution in [3.8, 4) is 0 Å². The van der Waals surface area contributed by atoms with Gasteiger partial charge < -0.3 is 11.1 Å². The normalized spacial score (nSPS) is 18.9. The number of carbonyl (C=O) groups excluding carboxylic acids is 1. The van der Waals surface area contributed by atoms with Crippen LogP contribution < -0.4 is 11.1 Å². The Labute approximate surface area is 79.4 Å². The molecule has 0 aromatic rings. The fourth-order valence-corrected chi connectivity index (χ4v) is 1.48. The van der Waals surface area contributed by atoms with E-state index in [1.54, 1.807) is 0 Å². The Bertz CT molecular complexity index is 189. The molecule has 0 saturated heterocycles. The van der Waals surface area contributed by atoms with Crippen LogP contribution in [0, 0.1) is 5.92 Å². The molecule has 13 heavy (non-hydrogen) atoms. The molecule has 1 rings (SSSR count). The summed E-state index contributed by atoms with van der Waals surface area (Å²) in [4.78, 5) is 11.6. The summed E-state index contributed by atoms with van der Waals surface area (Å²) in [6, 6.07) is 0.146. The van der Waals surface area contributed by atoms with E-state index in [-0.39, 0.29) is 17.9 Å². The molecular weight excluding hydrogens is 164 g/mol. The van der Waals surface area contributed by atoms with Crippen LogP contribution in [0.1, 0.15) is 26.2 Å². The van der Waals surface area contributed by atoms with Crippen molar-refractivity contribution in [2.45, 2.75) is 32.2 Å². The molecule has 0 radical (unpaired) electrons. The number of rotatable bonds is 4. The summed E-state index contributed by atoms with van der Waals surface area (Å²) in [5, 5.41) is 2.95. The van der Waals surface area contributed by atoms with Gasteiger partial charge in [-0.3, -0.25) is 4.79 Å². The Balaban J connectivity index is 2.31. The Kier molecular flexibility index (Phi) is 3.96. The van der Waals surface area contributed by atoms with Crippen molar-refractivity contribution in [3.05, 3.63) is 12.2 Å². The minimum absolute atomic E-state index is 0.146. The molecule has 1 amide bonds. The van der Waals surface area contributed by atoms with Gasteiger partial charge in [0.2, 0.25) is 5.91 Å². The van der Waals surface area contributed by atoms with Gasteiger partial charge in [0.1, 0.15) is 0 Å². The Morgan fingerprint density at radius 1 is 1.62 bits per heavy atom. The van der Waals surface area contributed by atoms with Crippen LogP contribution >= 0.6 is 0 Å². The van der Waals surface area contributed by atoms with E-state index in [0.29, 0.717) is 6.54 Å². The number of amides is 1. The average molecular weight is 182 g/mol. The van der Waals surface area contributed by atoms with Crippen LogP contribution in [-0.4, -0.2) is 18.5 Å². The maximum atomic E-state index is 11.6. The van der Waals surface area contributed by atoms with E-state index in [9.17, 15) is 4.79 Å². The highest BCUT2D eigenvalue weighted by atomic mass is 16.1. The molecule has 3 heteroatoms. The summed E-state index contributed by atoms with van der Waals surface area (Å²) < 4.78 is 0. The standard InChI is InChI=1S/C10H18N2O/c1-2-9(7-11)12-10(13)8-5-3-4-6-8/h3-4,8-9H,2,5-7,11H2,1H3,(H,12,13). The molecule has 1 aliphatic rings. The van der Waals surface area contributed by atoms with E-state index in [0.717, 1.165) is 19.3 Å². The first-order chi connectivity index (χ1) is 6.27. The molecule has 74 valence electrons. The van der Waals surface area contributed by atoms with Gasteiger partial charge in [-0.1, -0.05) is 19.1 Å². The lowest BCUT2D eigenvalue weighted by Gasteiger charge is -2.17. The van der Waals surface area contributed by atoms with Crippen LogP contribution in [-0.2, 0) is 4.79 Å². The van der Waals surface area contributed by atoms with E-state index >= 15 is 0 Å². The van der Waals surface area contributed by atoms with Crippen molar-refractivity contribution in [1.29, 1.82) is 0 Å². The van der Waals surface area contributed by atoms with Gasteiger partial charge >= 0.3 is 0 Å². The molecule has 3 N–H and O–H groups in total. The predicted molar refractivity (Wildman–Crippen MR) is 53.1 cm³/mol. The number of nitrogens with one attached hydrogen (secondary N) is 1. The van der Waals surface area contributed by atoms with E-state index in [4.69, 9.17) is 5.73 Å². The van der Waals surface area contributed by atoms with Gasteiger partial charge in [0.05, 0.1) is 0 Å². The van der Waals surface area contributed by atoms with Crippen molar-refractivity contribution in [2.24, 2.45) is 11.7 Å². The molecule has 0 heterocycles. The lowest BCUT2D eigenvalue weighted by Crippen LogP contribution is -2.42. The zero-order valence-corrected chi connectivity index (χ0v) is 8.12. The zero-order chi connectivity index (χ0) is 9.68. The second kappa shape index (κ2) is 5.02. The third-order valence-electron chi connectivity index (χ3n) is 2.50. The van der Waals surface area contributed by atoms with Gasteiger partial charge in [0.15, 0.2) is 0 Å². The predicted octanol–water partition coefficient (Wildman–Crippen LogP) is 0.806. The number of carbonyl (C=O) groups is 1. The Morgan fingerprint density at radius 2 is 2.23 bits per heavy atom. The van der Waals surface area contributed by atoms with Crippen LogP contribution in [0.5, 0.6) is 0 Å². The van der Waals surface area contributed by atoms with Gasteiger partial charge in [0, 0.05) is 18.5 Å². The van der Waals surface area contributed by atoms with Crippen molar-refractivity contribution in [1.82, 2.24) is 5.32 Å². The Morgan fingerprint density at radius 3 is 2.69 bits per heavy atom. The van der Waals surface area contributed by atoms with Gasteiger partial charge in [-0.15, -0.1) is 0 Å². The molecule has 1 unspecified atom stereocenters. The number of hydrogen-bond acceptors (Lipinski definition) is 2. The molecule has 0 aromatic carbocycles. The maximum Gasteiger partial charge on any atom is 0.223 e. The lowest BCUT2D eigenvalue weighted by molar-refractivity contribution is -0.125. The van der Waals surface area contributed by atoms with Gasteiger partial charge in [0.25, 0.3) is 0 Å². The zero-order valence-electron chi connectivity index (χ0n) is 8.12. The molecular formula is C10H18N2O. The molecule has 0 fully saturated rings. The van der Waals surface area contributed by atoms with E-state index < -0.39 is 0 Å². The van der Waals surface area contributed by atoms with Gasteiger partial charge in [-0.05, 0) is 19.3 Å². The van der Waals surface area contributed by atoms with E-state index in [2.05, 4.69) is 17.5 Å². The highest BCUT2D eigenvalue weighted by Gasteiger charge is 2.20. The number of hydrogen-bond donors (Lipinski definition) is 2. The number of nitrogens with two attached hydrogens (primary N) is 1. The Hall–Kier alpha value is -0.830. The molecule has 0 spiro atoms. The summed E-state index contributed by atoms with van der Waals surface area (Å²) in [5.41, 5.74) is 5.50. The third-order valence-corrected chi connectivity index (χ3v) is 2.50. The molecule has 1 aliphatic carbocycles. The minimum atomic E-state index is 0.146. The van der Waals surface area contributed by atoms with E-state index in [1.165, 1.54) is 0 Å². The SMILES string of the molecule is CCC(CN)NC(=O)C1CC=CC1. The second-order valence-corrected chi connectivity index (χ2v) is 3.49. The highest BCUT2D eigenvalue weighted by molar-refractivity contribution is 5.79. The fourth-order valence-electron chi connectivity index (χ4n) is 1.48. The first-order valence-corrected chi connectivity index (χ1v) is 4.93. The first kappa shape index (κ1) is 10.3. The summed E-state index contributed by atoms with van der Waals surface area (Å²) in [5.74, 6) is 0.308. The summed E-state index contributed by atoms with van der Waals surface area (Å²) >= 11 is 0. The largest absolute Gasteiger partial charge is 0.352 e. The molecule has 3 nitrogen and oxygen atoms in total. The molecule has 1 atom stereocenters. The van der Waals surface area contributed by atoms with Crippen LogP contribution in [0.4, 0.5) is 0 Å². The summed E-state index contributed by atoms with van der Waals surface area (Å²) in [6.45, 7) is 2.56. The number of allylic oxidation sites excluding steroid dienone is 2. The second-order valence-electron chi connectivity index (χ2n) is 3.49. The highest BCUT2D eigenvalue weighted by Crippen LogP contribution is 2.17. The summed E-state index contributed by atoms with van der Waals surface area (Å²) in [7, 11) is 0. The molecule has 0 saturated carbocycles. The van der Waals surface area contributed by atoms with Gasteiger partial charge in [-0.2, -0.15) is 0 Å². The van der Waals surface area contributed by atoms with Crippen LogP contribution in [0.2, 0.25) is 0 Å². The van der Waals surface area contributed by atoms with Crippen LogP contribution in [0.25, 0.3) is 0 Å². The summed E-state index contributed by atoms with van der Waals surface area (Å²) in [6.07, 6.45) is 6.79. The van der Waals surface area contributed by atoms with E-state index in [1.807, 2.05) is 6.92 Å². The quantitative estimate of drug-likeness (QED) is 0.632. The monoisotopic (exact) mass is 182 g/mol. The topological polar surface area (TPSA) is 55.1 Å². The fraction of sp³-hybridized carbons (Fsp3) is 0.700. The van der Waals surface area contributed by atoms with Crippen molar-refractivity contribution in [2.75, 3.05) is 6.54 Å². The average Bonchev–Trinajstić information content (AvgIpc) is 2.66. The first-order valence-electron chi connectivity index (χ1n) is 4.93. The molecule has 0 aliphatic heterocycles. The third kappa shape index (κ3) is 2.84. The molecule has 0 aromatic heterocycles. The smallest absolute Gasteiger partial charge is 0.223 e. The van der Waals surface area contributed by atoms with Crippen molar-refractivity contribution < 1.29 is 4.79 Å². The van der Waals surface area contributed by atoms with Crippen LogP contribution in [0.3, 0.4) is 0 Å².